The second-order valence-corrected chi connectivity index (χ2v) is 9.05. The van der Waals surface area contributed by atoms with Crippen LogP contribution in [0.5, 0.6) is 17.2 Å². The molecule has 3 aliphatic heterocycles. The number of methoxy groups -OCH3 is 3. The number of phenolic OH excluding ortho intramolecular Hbond substituents is 2. The summed E-state index contributed by atoms with van der Waals surface area (Å²) in [5.74, 6) is -15.8. The quantitative estimate of drug-likeness (QED) is 0.158. The summed E-state index contributed by atoms with van der Waals surface area (Å²) in [7, 11) is 3.96. The van der Waals surface area contributed by atoms with Crippen molar-refractivity contribution in [3.8, 4) is 17.2 Å². The smallest absolute Gasteiger partial charge is 0.339 e. The molecule has 0 spiro atoms. The minimum absolute atomic E-state index is 0.571. The summed E-state index contributed by atoms with van der Waals surface area (Å²) in [6.07, 6.45) is -4.95. The van der Waals surface area contributed by atoms with Crippen molar-refractivity contribution in [2.24, 2.45) is 0 Å². The topological polar surface area (TPSA) is 217 Å². The number of benzene rings is 1. The van der Waals surface area contributed by atoms with E-state index in [0.29, 0.717) is 6.08 Å². The highest BCUT2D eigenvalue weighted by atomic mass is 16.7. The zero-order valence-corrected chi connectivity index (χ0v) is 20.1. The molecule has 0 amide bonds. The Morgan fingerprint density at radius 2 is 1.66 bits per heavy atom. The summed E-state index contributed by atoms with van der Waals surface area (Å²) in [4.78, 5) is 39.5. The molecule has 5 N–H and O–H groups in total. The molecule has 1 aromatic rings. The molecule has 4 aliphatic rings. The molecule has 5 rings (SSSR count). The monoisotopic (exact) mass is 540 g/mol. The first-order valence-corrected chi connectivity index (χ1v) is 11.2. The van der Waals surface area contributed by atoms with Crippen LogP contribution in [0.25, 0.3) is 0 Å². The molecule has 1 aliphatic carbocycles. The number of carbonyl (C=O) groups is 3. The van der Waals surface area contributed by atoms with Crippen LogP contribution in [0.2, 0.25) is 0 Å². The number of fused-ring (bicyclic) bond motifs is 2. The Morgan fingerprint density at radius 3 is 2.29 bits per heavy atom. The lowest BCUT2D eigenvalue weighted by Gasteiger charge is -2.49. The molecule has 2 unspecified atom stereocenters. The first-order chi connectivity index (χ1) is 17.9. The van der Waals surface area contributed by atoms with E-state index in [2.05, 4.69) is 0 Å². The summed E-state index contributed by atoms with van der Waals surface area (Å²) in [6.45, 7) is -0.588. The standard InChI is InChI=1S/C23H24O15/c1-32-17-15-10(36-21(34-3)18(17)33-2)6-35-19(27)8-5-11(25)23(31)22(29,30)13(8)12-7(20(28)37-15)4-9(24)14(26)16(12)38-23/h4-5,10,13,15,17-18,21,24,26,29-31H,6H2,1-3H3/t10?,13-,15-,17+,18?,21+,23-/m1/s1. The van der Waals surface area contributed by atoms with Crippen molar-refractivity contribution < 1.29 is 73.1 Å². The van der Waals surface area contributed by atoms with Crippen LogP contribution in [0.1, 0.15) is 21.8 Å². The van der Waals surface area contributed by atoms with Gasteiger partial charge in [-0.15, -0.1) is 0 Å². The second kappa shape index (κ2) is 8.88. The molecule has 2 bridgehead atoms. The van der Waals surface area contributed by atoms with Crippen molar-refractivity contribution in [3.63, 3.8) is 0 Å². The van der Waals surface area contributed by atoms with Crippen LogP contribution in [0.4, 0.5) is 0 Å². The highest BCUT2D eigenvalue weighted by Crippen LogP contribution is 2.57. The molecule has 0 aromatic heterocycles. The third-order valence-corrected chi connectivity index (χ3v) is 7.09. The first kappa shape index (κ1) is 26.3. The zero-order chi connectivity index (χ0) is 27.7. The van der Waals surface area contributed by atoms with Gasteiger partial charge in [-0.05, 0) is 12.1 Å². The number of esters is 2. The number of carbonyl (C=O) groups excluding carboxylic acids is 3. The van der Waals surface area contributed by atoms with Gasteiger partial charge >= 0.3 is 17.7 Å². The summed E-state index contributed by atoms with van der Waals surface area (Å²) < 4.78 is 38.1. The van der Waals surface area contributed by atoms with Gasteiger partial charge in [0.05, 0.1) is 17.1 Å². The van der Waals surface area contributed by atoms with Gasteiger partial charge in [-0.3, -0.25) is 4.79 Å². The number of rotatable bonds is 3. The van der Waals surface area contributed by atoms with E-state index in [-0.39, 0.29) is 0 Å². The maximum absolute atomic E-state index is 13.6. The van der Waals surface area contributed by atoms with Gasteiger partial charge in [-0.25, -0.2) is 9.59 Å². The number of hydrogen-bond donors (Lipinski definition) is 5. The van der Waals surface area contributed by atoms with Gasteiger partial charge in [0.2, 0.25) is 11.5 Å². The number of ketones is 1. The van der Waals surface area contributed by atoms with E-state index in [0.717, 1.165) is 6.07 Å². The summed E-state index contributed by atoms with van der Waals surface area (Å²) >= 11 is 0. The lowest BCUT2D eigenvalue weighted by atomic mass is 9.70. The van der Waals surface area contributed by atoms with E-state index in [1.54, 1.807) is 0 Å². The largest absolute Gasteiger partial charge is 0.504 e. The maximum Gasteiger partial charge on any atom is 0.339 e. The van der Waals surface area contributed by atoms with Crippen LogP contribution in [-0.2, 0) is 38.0 Å². The Bertz CT molecular complexity index is 1240. The van der Waals surface area contributed by atoms with Crippen molar-refractivity contribution in [3.05, 3.63) is 28.8 Å². The van der Waals surface area contributed by atoms with Crippen LogP contribution >= 0.6 is 0 Å². The van der Waals surface area contributed by atoms with Gasteiger partial charge in [-0.1, -0.05) is 0 Å². The summed E-state index contributed by atoms with van der Waals surface area (Å²) in [6, 6.07) is 0.740. The van der Waals surface area contributed by atoms with Crippen LogP contribution in [-0.4, -0.2) is 113 Å². The Balaban J connectivity index is 1.74. The van der Waals surface area contributed by atoms with Crippen LogP contribution in [0.15, 0.2) is 17.7 Å². The summed E-state index contributed by atoms with van der Waals surface area (Å²) in [5.41, 5.74) is -1.86. The Morgan fingerprint density at radius 1 is 0.974 bits per heavy atom. The lowest BCUT2D eigenvalue weighted by molar-refractivity contribution is -0.339. The average Bonchev–Trinajstić information content (AvgIpc) is 2.89. The number of cyclic esters (lactones) is 1. The van der Waals surface area contributed by atoms with Gasteiger partial charge in [0.15, 0.2) is 23.9 Å². The van der Waals surface area contributed by atoms with Gasteiger partial charge in [-0.2, -0.15) is 0 Å². The maximum atomic E-state index is 13.6. The highest BCUT2D eigenvalue weighted by molar-refractivity contribution is 6.08. The molecular weight excluding hydrogens is 516 g/mol. The highest BCUT2D eigenvalue weighted by Gasteiger charge is 2.69. The van der Waals surface area contributed by atoms with Gasteiger partial charge in [0.1, 0.15) is 24.9 Å². The van der Waals surface area contributed by atoms with Crippen LogP contribution in [0.3, 0.4) is 0 Å². The molecule has 15 nitrogen and oxygen atoms in total. The Kier molecular flexibility index (Phi) is 6.14. The summed E-state index contributed by atoms with van der Waals surface area (Å²) in [5, 5.41) is 53.4. The molecule has 1 saturated heterocycles. The van der Waals surface area contributed by atoms with E-state index in [1.165, 1.54) is 21.3 Å². The zero-order valence-electron chi connectivity index (χ0n) is 20.1. The van der Waals surface area contributed by atoms with Gasteiger partial charge in [0.25, 0.3) is 5.79 Å². The molecule has 15 heteroatoms. The van der Waals surface area contributed by atoms with Gasteiger partial charge < -0.3 is 58.7 Å². The third kappa shape index (κ3) is 3.44. The fourth-order valence-corrected chi connectivity index (χ4v) is 5.22. The van der Waals surface area contributed by atoms with Crippen LogP contribution < -0.4 is 4.74 Å². The SMILES string of the molecule is COC1[C@@H](OC)OC2COC(=O)C3=CC(=O)[C@@]4(O)Oc5c(O)c(O)cc(c5[C@@H]3C4(O)O)C(=O)O[C@H]2[C@@H]1OC. The van der Waals surface area contributed by atoms with Crippen molar-refractivity contribution in [2.45, 2.75) is 48.2 Å². The molecule has 1 aromatic carbocycles. The number of phenols is 2. The minimum atomic E-state index is -3.53. The number of aromatic hydroxyl groups is 2. The number of ether oxygens (including phenoxy) is 7. The Labute approximate surface area is 213 Å². The fourth-order valence-electron chi connectivity index (χ4n) is 5.22. The third-order valence-electron chi connectivity index (χ3n) is 7.09. The second-order valence-electron chi connectivity index (χ2n) is 9.05. The van der Waals surface area contributed by atoms with Crippen molar-refractivity contribution in [1.82, 2.24) is 0 Å². The van der Waals surface area contributed by atoms with Crippen molar-refractivity contribution in [1.29, 1.82) is 0 Å². The molecule has 0 saturated carbocycles. The number of hydrogen-bond acceptors (Lipinski definition) is 15. The van der Waals surface area contributed by atoms with E-state index in [1.807, 2.05) is 0 Å². The van der Waals surface area contributed by atoms with Crippen LogP contribution in [0, 0.1) is 0 Å². The molecule has 38 heavy (non-hydrogen) atoms. The van der Waals surface area contributed by atoms with E-state index >= 15 is 0 Å². The number of aliphatic hydroxyl groups is 3. The molecule has 7 atom stereocenters. The predicted octanol–water partition coefficient (Wildman–Crippen LogP) is -2.06. The fraction of sp³-hybridized carbons (Fsp3) is 0.522. The first-order valence-electron chi connectivity index (χ1n) is 11.2. The molecule has 3 heterocycles. The lowest BCUT2D eigenvalue weighted by Crippen LogP contribution is -2.70. The van der Waals surface area contributed by atoms with Crippen molar-refractivity contribution >= 4 is 17.7 Å². The normalized spacial score (nSPS) is 35.6. The Hall–Kier alpha value is -3.31. The molecule has 206 valence electrons. The molecule has 0 radical (unpaired) electrons. The minimum Gasteiger partial charge on any atom is -0.504 e. The molecular formula is C23H24O15. The van der Waals surface area contributed by atoms with E-state index < -0.39 is 106 Å². The van der Waals surface area contributed by atoms with Gasteiger partial charge in [0, 0.05) is 26.9 Å². The average molecular weight is 540 g/mol. The predicted molar refractivity (Wildman–Crippen MR) is 116 cm³/mol. The molecule has 1 fully saturated rings. The van der Waals surface area contributed by atoms with Crippen molar-refractivity contribution in [2.75, 3.05) is 27.9 Å². The van der Waals surface area contributed by atoms with E-state index in [9.17, 15) is 39.9 Å². The van der Waals surface area contributed by atoms with E-state index in [4.69, 9.17) is 33.2 Å².